The highest BCUT2D eigenvalue weighted by Crippen LogP contribution is 2.65. The molecule has 8 atom stereocenters. The summed E-state index contributed by atoms with van der Waals surface area (Å²) in [7, 11) is 0. The fraction of sp³-hybridized carbons (Fsp3) is 0.731. The molecule has 0 bridgehead atoms. The molecule has 5 rings (SSSR count). The molecule has 4 fully saturated rings. The molecule has 1 saturated heterocycles. The predicted octanol–water partition coefficient (Wildman–Crippen LogP) is 5.51. The topological polar surface area (TPSA) is 38.3 Å². The Hall–Kier alpha value is -1.51. The van der Waals surface area contributed by atoms with E-state index in [2.05, 4.69) is 57.3 Å². The molecule has 4 aliphatic rings. The van der Waals surface area contributed by atoms with E-state index in [1.54, 1.807) is 0 Å². The van der Waals surface area contributed by atoms with Crippen LogP contribution < -0.4 is 10.1 Å². The molecule has 0 spiro atoms. The average molecular weight is 396 g/mol. The van der Waals surface area contributed by atoms with Gasteiger partial charge in [0, 0.05) is 12.5 Å². The average Bonchev–Trinajstić information content (AvgIpc) is 3.01. The molecule has 1 aliphatic heterocycles. The van der Waals surface area contributed by atoms with Gasteiger partial charge in [0.25, 0.3) is 0 Å². The van der Waals surface area contributed by atoms with Crippen LogP contribution in [-0.4, -0.2) is 18.1 Å². The van der Waals surface area contributed by atoms with Crippen molar-refractivity contribution in [3.05, 3.63) is 29.8 Å². The molecule has 1 heterocycles. The summed E-state index contributed by atoms with van der Waals surface area (Å²) in [5, 5.41) is 3.37. The Balaban J connectivity index is 1.38. The van der Waals surface area contributed by atoms with Crippen LogP contribution in [0.15, 0.2) is 24.3 Å². The lowest BCUT2D eigenvalue weighted by Gasteiger charge is -2.61. The van der Waals surface area contributed by atoms with Crippen LogP contribution in [0, 0.1) is 41.4 Å². The molecule has 1 amide bonds. The molecule has 3 aliphatic carbocycles. The van der Waals surface area contributed by atoms with Crippen LogP contribution >= 0.6 is 0 Å². The fourth-order valence-electron chi connectivity index (χ4n) is 7.94. The van der Waals surface area contributed by atoms with Crippen LogP contribution in [0.3, 0.4) is 0 Å². The van der Waals surface area contributed by atoms with E-state index < -0.39 is 0 Å². The van der Waals surface area contributed by atoms with Gasteiger partial charge >= 0.3 is 0 Å². The van der Waals surface area contributed by atoms with Gasteiger partial charge in [0.2, 0.25) is 5.91 Å². The summed E-state index contributed by atoms with van der Waals surface area (Å²) in [4.78, 5) is 12.1. The van der Waals surface area contributed by atoms with Gasteiger partial charge in [-0.15, -0.1) is 0 Å². The van der Waals surface area contributed by atoms with Gasteiger partial charge in [-0.2, -0.15) is 0 Å². The zero-order valence-corrected chi connectivity index (χ0v) is 18.5. The number of piperidine rings is 1. The highest BCUT2D eigenvalue weighted by Gasteiger charge is 2.61. The summed E-state index contributed by atoms with van der Waals surface area (Å²) in [5.41, 5.74) is 1.97. The minimum atomic E-state index is 0.270. The number of benzene rings is 1. The number of rotatable bonds is 2. The van der Waals surface area contributed by atoms with Gasteiger partial charge in [-0.25, -0.2) is 0 Å². The highest BCUT2D eigenvalue weighted by molar-refractivity contribution is 5.77. The lowest BCUT2D eigenvalue weighted by atomic mass is 9.45. The van der Waals surface area contributed by atoms with Gasteiger partial charge in [-0.3, -0.25) is 4.79 Å². The van der Waals surface area contributed by atoms with E-state index in [1.807, 2.05) is 0 Å². The van der Waals surface area contributed by atoms with E-state index in [1.165, 1.54) is 31.2 Å². The highest BCUT2D eigenvalue weighted by atomic mass is 16.5. The minimum absolute atomic E-state index is 0.270. The summed E-state index contributed by atoms with van der Waals surface area (Å²) in [6.07, 6.45) is 8.31. The smallest absolute Gasteiger partial charge is 0.220 e. The molecular formula is C26H37NO2. The van der Waals surface area contributed by atoms with E-state index >= 15 is 0 Å². The third-order valence-electron chi connectivity index (χ3n) is 9.52. The first kappa shape index (κ1) is 19.5. The van der Waals surface area contributed by atoms with Crippen molar-refractivity contribution in [2.24, 2.45) is 34.5 Å². The summed E-state index contributed by atoms with van der Waals surface area (Å²) in [6.45, 7) is 9.60. The van der Waals surface area contributed by atoms with Crippen LogP contribution in [0.5, 0.6) is 5.75 Å². The largest absolute Gasteiger partial charge is 0.490 e. The van der Waals surface area contributed by atoms with E-state index in [-0.39, 0.29) is 11.3 Å². The van der Waals surface area contributed by atoms with Crippen molar-refractivity contribution < 1.29 is 9.53 Å². The number of hydrogen-bond donors (Lipinski definition) is 1. The zero-order valence-electron chi connectivity index (χ0n) is 18.5. The maximum absolute atomic E-state index is 12.1. The number of fused-ring (bicyclic) bond motifs is 5. The number of carbonyl (C=O) groups excluding carboxylic acids is 1. The standard InChI is InChI=1S/C26H37NO2/c1-16-5-7-18(8-6-16)29-19-14-21-24-17(2)13-22-26(4,12-10-23(28)27-22)20(24)9-11-25(21,3)15-19/h5-8,17,19-22,24H,9-15H2,1-4H3,(H,27,28)/t17?,19?,20-,21+,22?,24-,25-,26-/m1/s1. The molecule has 1 N–H and O–H groups in total. The number of ether oxygens (including phenoxy) is 1. The third-order valence-corrected chi connectivity index (χ3v) is 9.52. The molecular weight excluding hydrogens is 358 g/mol. The molecule has 158 valence electrons. The normalized spacial score (nSPS) is 46.3. The van der Waals surface area contributed by atoms with Crippen molar-refractivity contribution in [1.82, 2.24) is 5.32 Å². The van der Waals surface area contributed by atoms with Crippen LogP contribution in [0.25, 0.3) is 0 Å². The molecule has 0 aromatic heterocycles. The van der Waals surface area contributed by atoms with Gasteiger partial charge in [-0.1, -0.05) is 38.5 Å². The van der Waals surface area contributed by atoms with E-state index in [0.29, 0.717) is 29.9 Å². The first-order valence-corrected chi connectivity index (χ1v) is 11.8. The first-order valence-electron chi connectivity index (χ1n) is 11.8. The van der Waals surface area contributed by atoms with Crippen molar-refractivity contribution >= 4 is 5.91 Å². The number of hydrogen-bond acceptors (Lipinski definition) is 2. The Bertz CT molecular complexity index is 788. The molecule has 3 nitrogen and oxygen atoms in total. The third kappa shape index (κ3) is 3.11. The number of amides is 1. The van der Waals surface area contributed by atoms with Crippen molar-refractivity contribution in [2.45, 2.75) is 84.8 Å². The summed E-state index contributed by atoms with van der Waals surface area (Å²) >= 11 is 0. The molecule has 29 heavy (non-hydrogen) atoms. The lowest BCUT2D eigenvalue weighted by Crippen LogP contribution is -2.62. The van der Waals surface area contributed by atoms with Crippen LogP contribution in [0.4, 0.5) is 0 Å². The first-order chi connectivity index (χ1) is 13.8. The second-order valence-corrected chi connectivity index (χ2v) is 11.3. The maximum atomic E-state index is 12.1. The van der Waals surface area contributed by atoms with E-state index in [4.69, 9.17) is 4.74 Å². The SMILES string of the molecule is Cc1ccc(OC2C[C@H]3[C@@H]4C(C)CC5NC(=O)CC[C@]5(C)[C@@H]4CC[C@]3(C)C2)cc1. The molecule has 0 radical (unpaired) electrons. The zero-order chi connectivity index (χ0) is 20.4. The monoisotopic (exact) mass is 395 g/mol. The van der Waals surface area contributed by atoms with Crippen molar-refractivity contribution in [3.63, 3.8) is 0 Å². The second-order valence-electron chi connectivity index (χ2n) is 11.3. The van der Waals surface area contributed by atoms with Crippen molar-refractivity contribution in [2.75, 3.05) is 0 Å². The maximum Gasteiger partial charge on any atom is 0.220 e. The van der Waals surface area contributed by atoms with Crippen LogP contribution in [-0.2, 0) is 4.79 Å². The number of carbonyl (C=O) groups is 1. The minimum Gasteiger partial charge on any atom is -0.490 e. The number of nitrogens with one attached hydrogen (secondary N) is 1. The lowest BCUT2D eigenvalue weighted by molar-refractivity contribution is -0.141. The Morgan fingerprint density at radius 2 is 1.83 bits per heavy atom. The Kier molecular flexibility index (Phi) is 4.53. The Morgan fingerprint density at radius 1 is 1.07 bits per heavy atom. The molecule has 1 aromatic rings. The predicted molar refractivity (Wildman–Crippen MR) is 116 cm³/mol. The fourth-order valence-corrected chi connectivity index (χ4v) is 7.94. The summed E-state index contributed by atoms with van der Waals surface area (Å²) in [5.74, 6) is 4.25. The van der Waals surface area contributed by atoms with E-state index in [0.717, 1.165) is 36.3 Å². The molecule has 3 heteroatoms. The van der Waals surface area contributed by atoms with Crippen LogP contribution in [0.1, 0.15) is 71.3 Å². The molecule has 3 unspecified atom stereocenters. The quantitative estimate of drug-likeness (QED) is 0.717. The summed E-state index contributed by atoms with van der Waals surface area (Å²) in [6, 6.07) is 8.93. The second kappa shape index (κ2) is 6.75. The van der Waals surface area contributed by atoms with Gasteiger partial charge in [0.1, 0.15) is 5.75 Å². The van der Waals surface area contributed by atoms with Crippen LogP contribution in [0.2, 0.25) is 0 Å². The van der Waals surface area contributed by atoms with Gasteiger partial charge < -0.3 is 10.1 Å². The van der Waals surface area contributed by atoms with Crippen molar-refractivity contribution in [3.8, 4) is 5.75 Å². The Morgan fingerprint density at radius 3 is 2.59 bits per heavy atom. The molecule has 3 saturated carbocycles. The van der Waals surface area contributed by atoms with Crippen molar-refractivity contribution in [1.29, 1.82) is 0 Å². The molecule has 1 aromatic carbocycles. The van der Waals surface area contributed by atoms with Gasteiger partial charge in [0.05, 0.1) is 6.10 Å². The van der Waals surface area contributed by atoms with E-state index in [9.17, 15) is 4.79 Å². The van der Waals surface area contributed by atoms with Gasteiger partial charge in [0.15, 0.2) is 0 Å². The Labute approximate surface area is 176 Å². The van der Waals surface area contributed by atoms with Gasteiger partial charge in [-0.05, 0) is 92.1 Å². The summed E-state index contributed by atoms with van der Waals surface area (Å²) < 4.78 is 6.49. The number of aryl methyl sites for hydroxylation is 1.